The van der Waals surface area contributed by atoms with Crippen LogP contribution in [0.15, 0.2) is 12.3 Å². The summed E-state index contributed by atoms with van der Waals surface area (Å²) in [5.74, 6) is 0. The lowest BCUT2D eigenvalue weighted by molar-refractivity contribution is 0.163. The highest BCUT2D eigenvalue weighted by Gasteiger charge is 2.34. The van der Waals surface area contributed by atoms with E-state index in [0.717, 1.165) is 32.1 Å². The zero-order chi connectivity index (χ0) is 12.5. The van der Waals surface area contributed by atoms with Crippen LogP contribution in [-0.4, -0.2) is 21.0 Å². The molecule has 1 fully saturated rings. The second-order valence-electron chi connectivity index (χ2n) is 5.93. The minimum atomic E-state index is -0.100. The zero-order valence-electron chi connectivity index (χ0n) is 11.2. The highest BCUT2D eigenvalue weighted by Crippen LogP contribution is 2.40. The van der Waals surface area contributed by atoms with Gasteiger partial charge in [0.1, 0.15) is 0 Å². The van der Waals surface area contributed by atoms with Crippen molar-refractivity contribution in [1.29, 1.82) is 0 Å². The predicted molar refractivity (Wildman–Crippen MR) is 68.9 cm³/mol. The minimum absolute atomic E-state index is 0.100. The number of rotatable bonds is 4. The lowest BCUT2D eigenvalue weighted by Gasteiger charge is -2.22. The summed E-state index contributed by atoms with van der Waals surface area (Å²) in [5, 5.41) is 14.3. The van der Waals surface area contributed by atoms with Crippen LogP contribution >= 0.6 is 0 Å². The molecule has 1 N–H and O–H groups in total. The van der Waals surface area contributed by atoms with Crippen molar-refractivity contribution < 1.29 is 5.11 Å². The van der Waals surface area contributed by atoms with Crippen LogP contribution in [0.25, 0.3) is 0 Å². The van der Waals surface area contributed by atoms with Crippen molar-refractivity contribution in [2.45, 2.75) is 65.0 Å². The van der Waals surface area contributed by atoms with E-state index in [1.807, 2.05) is 0 Å². The summed E-state index contributed by atoms with van der Waals surface area (Å²) in [7, 11) is 0. The highest BCUT2D eigenvalue weighted by molar-refractivity contribution is 5.05. The number of nitrogens with zero attached hydrogens (tertiary/aromatic N) is 2. The molecule has 0 spiro atoms. The summed E-state index contributed by atoms with van der Waals surface area (Å²) in [6.07, 6.45) is 7.07. The van der Waals surface area contributed by atoms with Crippen molar-refractivity contribution in [3.63, 3.8) is 0 Å². The van der Waals surface area contributed by atoms with Crippen LogP contribution in [0.1, 0.15) is 58.2 Å². The molecule has 0 amide bonds. The van der Waals surface area contributed by atoms with Crippen LogP contribution in [0.5, 0.6) is 0 Å². The zero-order valence-corrected chi connectivity index (χ0v) is 11.2. The Morgan fingerprint density at radius 3 is 3.00 bits per heavy atom. The second-order valence-corrected chi connectivity index (χ2v) is 5.93. The van der Waals surface area contributed by atoms with Gasteiger partial charge in [0.25, 0.3) is 0 Å². The molecule has 3 unspecified atom stereocenters. The number of aliphatic hydroxyl groups excluding tert-OH is 1. The molecule has 0 saturated heterocycles. The Balaban J connectivity index is 2.02. The maximum Gasteiger partial charge on any atom is 0.0630 e. The Hall–Kier alpha value is -0.830. The van der Waals surface area contributed by atoms with Crippen LogP contribution in [0.4, 0.5) is 0 Å². The van der Waals surface area contributed by atoms with E-state index in [9.17, 15) is 5.11 Å². The lowest BCUT2D eigenvalue weighted by atomic mass is 9.84. The van der Waals surface area contributed by atoms with Crippen molar-refractivity contribution >= 4 is 0 Å². The molecule has 3 nitrogen and oxygen atoms in total. The maximum absolute atomic E-state index is 9.65. The van der Waals surface area contributed by atoms with Gasteiger partial charge in [-0.05, 0) is 50.5 Å². The average molecular weight is 236 g/mol. The molecule has 96 valence electrons. The fraction of sp³-hybridized carbons (Fsp3) is 0.786. The van der Waals surface area contributed by atoms with E-state index in [1.165, 1.54) is 5.69 Å². The van der Waals surface area contributed by atoms with Gasteiger partial charge in [-0.1, -0.05) is 13.8 Å². The van der Waals surface area contributed by atoms with Crippen LogP contribution in [0.3, 0.4) is 0 Å². The Kier molecular flexibility index (Phi) is 3.57. The quantitative estimate of drug-likeness (QED) is 0.872. The molecule has 3 heteroatoms. The molecule has 1 aliphatic rings. The number of aromatic nitrogens is 2. The lowest BCUT2D eigenvalue weighted by Crippen LogP contribution is -2.17. The van der Waals surface area contributed by atoms with Crippen molar-refractivity contribution in [2.24, 2.45) is 5.41 Å². The van der Waals surface area contributed by atoms with Gasteiger partial charge >= 0.3 is 0 Å². The van der Waals surface area contributed by atoms with Gasteiger partial charge in [-0.3, -0.25) is 4.68 Å². The van der Waals surface area contributed by atoms with Crippen LogP contribution < -0.4 is 0 Å². The highest BCUT2D eigenvalue weighted by atomic mass is 16.3. The van der Waals surface area contributed by atoms with Crippen LogP contribution in [0, 0.1) is 5.41 Å². The van der Waals surface area contributed by atoms with E-state index in [1.54, 1.807) is 0 Å². The van der Waals surface area contributed by atoms with Crippen molar-refractivity contribution in [3.05, 3.63) is 18.0 Å². The fourth-order valence-electron chi connectivity index (χ4n) is 2.79. The summed E-state index contributed by atoms with van der Waals surface area (Å²) in [6, 6.07) is 2.60. The molecule has 1 heterocycles. The Labute approximate surface area is 104 Å². The van der Waals surface area contributed by atoms with E-state index in [-0.39, 0.29) is 11.5 Å². The predicted octanol–water partition coefficient (Wildman–Crippen LogP) is 2.95. The monoisotopic (exact) mass is 236 g/mol. The van der Waals surface area contributed by atoms with Gasteiger partial charge in [0.15, 0.2) is 0 Å². The fourth-order valence-corrected chi connectivity index (χ4v) is 2.79. The smallest absolute Gasteiger partial charge is 0.0630 e. The molecule has 1 aliphatic carbocycles. The van der Waals surface area contributed by atoms with Gasteiger partial charge in [-0.2, -0.15) is 5.10 Å². The Morgan fingerprint density at radius 1 is 1.65 bits per heavy atom. The van der Waals surface area contributed by atoms with E-state index in [4.69, 9.17) is 0 Å². The molecule has 1 aromatic heterocycles. The van der Waals surface area contributed by atoms with Gasteiger partial charge in [-0.25, -0.2) is 0 Å². The van der Waals surface area contributed by atoms with E-state index < -0.39 is 0 Å². The SMILES string of the molecule is CCC(C)n1ccc(CC2(C)CCC(O)C2)n1. The number of hydrogen-bond donors (Lipinski definition) is 1. The summed E-state index contributed by atoms with van der Waals surface area (Å²) in [6.45, 7) is 6.64. The Bertz CT molecular complexity index is 374. The van der Waals surface area contributed by atoms with E-state index in [0.29, 0.717) is 6.04 Å². The standard InChI is InChI=1S/C14H24N2O/c1-4-11(2)16-8-6-12(15-16)9-14(3)7-5-13(17)10-14/h6,8,11,13,17H,4-5,7,9-10H2,1-3H3. The molecule has 0 bridgehead atoms. The van der Waals surface area contributed by atoms with Crippen molar-refractivity contribution in [1.82, 2.24) is 9.78 Å². The first-order valence-corrected chi connectivity index (χ1v) is 6.74. The first-order chi connectivity index (χ1) is 8.02. The molecular weight excluding hydrogens is 212 g/mol. The number of hydrogen-bond acceptors (Lipinski definition) is 2. The van der Waals surface area contributed by atoms with Crippen LogP contribution in [0.2, 0.25) is 0 Å². The third-order valence-electron chi connectivity index (χ3n) is 4.12. The molecule has 17 heavy (non-hydrogen) atoms. The largest absolute Gasteiger partial charge is 0.393 e. The van der Waals surface area contributed by atoms with Gasteiger partial charge < -0.3 is 5.11 Å². The molecule has 1 saturated carbocycles. The first-order valence-electron chi connectivity index (χ1n) is 6.74. The molecule has 0 aliphatic heterocycles. The van der Waals surface area contributed by atoms with Crippen molar-refractivity contribution in [2.75, 3.05) is 0 Å². The summed E-state index contributed by atoms with van der Waals surface area (Å²) in [5.41, 5.74) is 1.41. The average Bonchev–Trinajstić information content (AvgIpc) is 2.85. The normalized spacial score (nSPS) is 30.7. The molecular formula is C14H24N2O. The minimum Gasteiger partial charge on any atom is -0.393 e. The summed E-state index contributed by atoms with van der Waals surface area (Å²) < 4.78 is 2.06. The summed E-state index contributed by atoms with van der Waals surface area (Å²) >= 11 is 0. The molecule has 2 rings (SSSR count). The Morgan fingerprint density at radius 2 is 2.41 bits per heavy atom. The van der Waals surface area contributed by atoms with Gasteiger partial charge in [0, 0.05) is 12.2 Å². The second kappa shape index (κ2) is 4.81. The molecule has 3 atom stereocenters. The van der Waals surface area contributed by atoms with Gasteiger partial charge in [0.2, 0.25) is 0 Å². The third-order valence-corrected chi connectivity index (χ3v) is 4.12. The molecule has 0 radical (unpaired) electrons. The molecule has 0 aromatic carbocycles. The van der Waals surface area contributed by atoms with Gasteiger partial charge in [-0.15, -0.1) is 0 Å². The molecule has 1 aromatic rings. The maximum atomic E-state index is 9.65. The van der Waals surface area contributed by atoms with Gasteiger partial charge in [0.05, 0.1) is 11.8 Å². The first kappa shape index (κ1) is 12.6. The van der Waals surface area contributed by atoms with E-state index >= 15 is 0 Å². The topological polar surface area (TPSA) is 38.0 Å². The third kappa shape index (κ3) is 2.89. The van der Waals surface area contributed by atoms with E-state index in [2.05, 4.69) is 42.8 Å². The van der Waals surface area contributed by atoms with Crippen molar-refractivity contribution in [3.8, 4) is 0 Å². The summed E-state index contributed by atoms with van der Waals surface area (Å²) in [4.78, 5) is 0. The number of aliphatic hydroxyl groups is 1. The van der Waals surface area contributed by atoms with Crippen LogP contribution in [-0.2, 0) is 6.42 Å².